The highest BCUT2D eigenvalue weighted by molar-refractivity contribution is 5.76. The second-order valence-corrected chi connectivity index (χ2v) is 5.25. The van der Waals surface area contributed by atoms with E-state index in [-0.39, 0.29) is 18.1 Å². The van der Waals surface area contributed by atoms with Gasteiger partial charge in [0.25, 0.3) is 0 Å². The van der Waals surface area contributed by atoms with Crippen LogP contribution >= 0.6 is 0 Å². The summed E-state index contributed by atoms with van der Waals surface area (Å²) in [5, 5.41) is 0. The molecule has 1 aliphatic carbocycles. The van der Waals surface area contributed by atoms with Crippen molar-refractivity contribution in [3.05, 3.63) is 0 Å². The van der Waals surface area contributed by atoms with Gasteiger partial charge in [-0.1, -0.05) is 0 Å². The molecule has 98 valence electrons. The number of hydrogen-bond donors (Lipinski definition) is 1. The average molecular weight is 241 g/mol. The van der Waals surface area contributed by atoms with Gasteiger partial charge in [0.1, 0.15) is 0 Å². The number of primary amides is 1. The predicted octanol–water partition coefficient (Wildman–Crippen LogP) is 1.82. The molecule has 1 saturated carbocycles. The lowest BCUT2D eigenvalue weighted by atomic mass is 9.82. The second-order valence-electron chi connectivity index (χ2n) is 5.25. The van der Waals surface area contributed by atoms with Crippen LogP contribution in [0.5, 0.6) is 0 Å². The molecule has 0 radical (unpaired) electrons. The van der Waals surface area contributed by atoms with Crippen LogP contribution in [0.2, 0.25) is 0 Å². The largest absolute Gasteiger partial charge is 0.369 e. The fraction of sp³-hybridized carbons (Fsp3) is 0.923. The molecule has 2 fully saturated rings. The Morgan fingerprint density at radius 1 is 1.18 bits per heavy atom. The molecule has 0 spiro atoms. The van der Waals surface area contributed by atoms with Gasteiger partial charge >= 0.3 is 0 Å². The summed E-state index contributed by atoms with van der Waals surface area (Å²) >= 11 is 0. The first-order valence-corrected chi connectivity index (χ1v) is 6.78. The smallest absolute Gasteiger partial charge is 0.220 e. The average Bonchev–Trinajstić information content (AvgIpc) is 2.38. The van der Waals surface area contributed by atoms with E-state index in [1.165, 1.54) is 6.42 Å². The van der Waals surface area contributed by atoms with Gasteiger partial charge in [0.2, 0.25) is 5.91 Å². The molecule has 1 unspecified atom stereocenters. The number of amides is 1. The second kappa shape index (κ2) is 6.36. The third-order valence-corrected chi connectivity index (χ3v) is 3.90. The summed E-state index contributed by atoms with van der Waals surface area (Å²) in [6.45, 7) is 1.61. The first-order valence-electron chi connectivity index (χ1n) is 6.78. The van der Waals surface area contributed by atoms with Gasteiger partial charge in [0, 0.05) is 12.5 Å². The molecule has 1 atom stereocenters. The Labute approximate surface area is 103 Å². The van der Waals surface area contributed by atoms with Gasteiger partial charge in [-0.2, -0.15) is 0 Å². The van der Waals surface area contributed by atoms with Crippen LogP contribution in [0, 0.1) is 11.8 Å². The van der Waals surface area contributed by atoms with E-state index in [4.69, 9.17) is 15.2 Å². The van der Waals surface area contributed by atoms with Crippen molar-refractivity contribution in [2.24, 2.45) is 17.6 Å². The molecule has 4 nitrogen and oxygen atoms in total. The zero-order valence-corrected chi connectivity index (χ0v) is 10.4. The monoisotopic (exact) mass is 241 g/mol. The lowest BCUT2D eigenvalue weighted by Gasteiger charge is -2.29. The quantitative estimate of drug-likeness (QED) is 0.816. The Morgan fingerprint density at radius 2 is 1.94 bits per heavy atom. The van der Waals surface area contributed by atoms with E-state index < -0.39 is 0 Å². The van der Waals surface area contributed by atoms with E-state index in [0.29, 0.717) is 5.92 Å². The molecular formula is C13H23NO3. The number of rotatable bonds is 4. The number of nitrogens with two attached hydrogens (primary N) is 1. The molecule has 1 saturated heterocycles. The Bertz CT molecular complexity index is 243. The number of hydrogen-bond acceptors (Lipinski definition) is 3. The fourth-order valence-corrected chi connectivity index (χ4v) is 2.70. The number of carbonyl (C=O) groups excluding carboxylic acids is 1. The number of carbonyl (C=O) groups is 1. The summed E-state index contributed by atoms with van der Waals surface area (Å²) in [5.41, 5.74) is 5.31. The van der Waals surface area contributed by atoms with Gasteiger partial charge in [0.05, 0.1) is 6.61 Å². The molecule has 0 aromatic carbocycles. The molecule has 1 aliphatic heterocycles. The van der Waals surface area contributed by atoms with Crippen molar-refractivity contribution < 1.29 is 14.3 Å². The van der Waals surface area contributed by atoms with Crippen LogP contribution in [0.15, 0.2) is 0 Å². The molecule has 0 aromatic heterocycles. The first-order chi connectivity index (χ1) is 8.25. The standard InChI is InChI=1S/C13H23NO3/c14-13(15)11-6-4-10(5-7-11)9-17-12-3-1-2-8-16-12/h10-12H,1-9H2,(H2,14,15). The van der Waals surface area contributed by atoms with Gasteiger partial charge in [0.15, 0.2) is 6.29 Å². The Hall–Kier alpha value is -0.610. The zero-order valence-electron chi connectivity index (χ0n) is 10.4. The van der Waals surface area contributed by atoms with Crippen molar-refractivity contribution in [3.63, 3.8) is 0 Å². The van der Waals surface area contributed by atoms with Gasteiger partial charge in [-0.15, -0.1) is 0 Å². The maximum absolute atomic E-state index is 11.0. The van der Waals surface area contributed by atoms with Crippen molar-refractivity contribution in [1.29, 1.82) is 0 Å². The van der Waals surface area contributed by atoms with Crippen LogP contribution in [0.25, 0.3) is 0 Å². The van der Waals surface area contributed by atoms with Gasteiger partial charge in [-0.3, -0.25) is 4.79 Å². The van der Waals surface area contributed by atoms with E-state index in [9.17, 15) is 4.79 Å². The van der Waals surface area contributed by atoms with Crippen LogP contribution < -0.4 is 5.73 Å². The molecule has 1 amide bonds. The van der Waals surface area contributed by atoms with E-state index in [1.807, 2.05) is 0 Å². The molecular weight excluding hydrogens is 218 g/mol. The minimum absolute atomic E-state index is 0.0117. The molecule has 2 rings (SSSR count). The normalized spacial score (nSPS) is 34.5. The maximum atomic E-state index is 11.0. The van der Waals surface area contributed by atoms with Crippen molar-refractivity contribution in [3.8, 4) is 0 Å². The Morgan fingerprint density at radius 3 is 2.53 bits per heavy atom. The summed E-state index contributed by atoms with van der Waals surface area (Å²) in [7, 11) is 0. The molecule has 4 heteroatoms. The molecule has 2 N–H and O–H groups in total. The summed E-state index contributed by atoms with van der Waals surface area (Å²) in [4.78, 5) is 11.0. The van der Waals surface area contributed by atoms with Crippen LogP contribution in [0.1, 0.15) is 44.9 Å². The summed E-state index contributed by atoms with van der Waals surface area (Å²) in [6.07, 6.45) is 7.36. The lowest BCUT2D eigenvalue weighted by Crippen LogP contribution is -2.30. The number of ether oxygens (including phenoxy) is 2. The van der Waals surface area contributed by atoms with Crippen LogP contribution in [-0.2, 0) is 14.3 Å². The fourth-order valence-electron chi connectivity index (χ4n) is 2.70. The van der Waals surface area contributed by atoms with Crippen molar-refractivity contribution in [2.75, 3.05) is 13.2 Å². The molecule has 2 aliphatic rings. The predicted molar refractivity (Wildman–Crippen MR) is 64.2 cm³/mol. The molecule has 17 heavy (non-hydrogen) atoms. The van der Waals surface area contributed by atoms with E-state index in [1.54, 1.807) is 0 Å². The minimum Gasteiger partial charge on any atom is -0.369 e. The van der Waals surface area contributed by atoms with Crippen molar-refractivity contribution >= 4 is 5.91 Å². The van der Waals surface area contributed by atoms with Crippen molar-refractivity contribution in [2.45, 2.75) is 51.2 Å². The molecule has 1 heterocycles. The van der Waals surface area contributed by atoms with E-state index in [2.05, 4.69) is 0 Å². The Kier molecular flexibility index (Phi) is 4.80. The van der Waals surface area contributed by atoms with Crippen LogP contribution in [-0.4, -0.2) is 25.4 Å². The maximum Gasteiger partial charge on any atom is 0.220 e. The van der Waals surface area contributed by atoms with Crippen molar-refractivity contribution in [1.82, 2.24) is 0 Å². The van der Waals surface area contributed by atoms with Gasteiger partial charge < -0.3 is 15.2 Å². The molecule has 0 aromatic rings. The summed E-state index contributed by atoms with van der Waals surface area (Å²) < 4.78 is 11.3. The summed E-state index contributed by atoms with van der Waals surface area (Å²) in [5.74, 6) is 0.535. The summed E-state index contributed by atoms with van der Waals surface area (Å²) in [6, 6.07) is 0. The third kappa shape index (κ3) is 3.96. The van der Waals surface area contributed by atoms with E-state index >= 15 is 0 Å². The SMILES string of the molecule is NC(=O)C1CCC(COC2CCCCO2)CC1. The van der Waals surface area contributed by atoms with E-state index in [0.717, 1.165) is 51.7 Å². The minimum atomic E-state index is -0.139. The van der Waals surface area contributed by atoms with Crippen LogP contribution in [0.3, 0.4) is 0 Å². The lowest BCUT2D eigenvalue weighted by molar-refractivity contribution is -0.171. The third-order valence-electron chi connectivity index (χ3n) is 3.90. The van der Waals surface area contributed by atoms with Gasteiger partial charge in [-0.05, 0) is 50.9 Å². The highest BCUT2D eigenvalue weighted by Gasteiger charge is 2.25. The van der Waals surface area contributed by atoms with Gasteiger partial charge in [-0.25, -0.2) is 0 Å². The molecule has 0 bridgehead atoms. The highest BCUT2D eigenvalue weighted by Crippen LogP contribution is 2.29. The van der Waals surface area contributed by atoms with Crippen LogP contribution in [0.4, 0.5) is 0 Å². The zero-order chi connectivity index (χ0) is 12.1. The topological polar surface area (TPSA) is 61.6 Å². The highest BCUT2D eigenvalue weighted by atomic mass is 16.7. The Balaban J connectivity index is 1.62. The first kappa shape index (κ1) is 12.8.